The third-order valence-electron chi connectivity index (χ3n) is 3.11. The van der Waals surface area contributed by atoms with Crippen molar-refractivity contribution in [1.82, 2.24) is 9.97 Å². The van der Waals surface area contributed by atoms with E-state index in [9.17, 15) is 0 Å². The maximum absolute atomic E-state index is 6.23. The van der Waals surface area contributed by atoms with E-state index < -0.39 is 0 Å². The van der Waals surface area contributed by atoms with Gasteiger partial charge in [0.25, 0.3) is 0 Å². The molecular formula is C15H15N3S. The number of hydrogen-bond acceptors (Lipinski definition) is 4. The molecule has 3 rings (SSSR count). The summed E-state index contributed by atoms with van der Waals surface area (Å²) >= 11 is 1.66. The Kier molecular flexibility index (Phi) is 3.53. The lowest BCUT2D eigenvalue weighted by Crippen LogP contribution is -2.10. The Morgan fingerprint density at radius 1 is 1.16 bits per heavy atom. The van der Waals surface area contributed by atoms with Crippen LogP contribution in [-0.4, -0.2) is 9.97 Å². The van der Waals surface area contributed by atoms with Gasteiger partial charge in [-0.2, -0.15) is 0 Å². The van der Waals surface area contributed by atoms with E-state index >= 15 is 0 Å². The van der Waals surface area contributed by atoms with Crippen LogP contribution in [0.2, 0.25) is 0 Å². The van der Waals surface area contributed by atoms with Crippen molar-refractivity contribution in [3.05, 3.63) is 59.4 Å². The summed E-state index contributed by atoms with van der Waals surface area (Å²) in [4.78, 5) is 8.64. The standard InChI is InChI=1S/C15H15N3S/c16-12(7-6-11-4-2-1-3-5-11)15-18-13-10-17-9-8-14(13)19-15/h1-5,8-10,12H,6-7,16H2. The van der Waals surface area contributed by atoms with E-state index in [1.54, 1.807) is 23.7 Å². The van der Waals surface area contributed by atoms with E-state index in [2.05, 4.69) is 34.2 Å². The van der Waals surface area contributed by atoms with Crippen LogP contribution in [0.15, 0.2) is 48.8 Å². The number of fused-ring (bicyclic) bond motifs is 1. The van der Waals surface area contributed by atoms with Gasteiger partial charge in [0, 0.05) is 6.20 Å². The van der Waals surface area contributed by atoms with Crippen LogP contribution in [-0.2, 0) is 6.42 Å². The van der Waals surface area contributed by atoms with Crippen molar-refractivity contribution in [3.8, 4) is 0 Å². The number of thiazole rings is 1. The van der Waals surface area contributed by atoms with Crippen molar-refractivity contribution in [2.24, 2.45) is 5.73 Å². The van der Waals surface area contributed by atoms with Gasteiger partial charge in [-0.1, -0.05) is 30.3 Å². The molecule has 96 valence electrons. The molecule has 0 saturated heterocycles. The minimum Gasteiger partial charge on any atom is -0.322 e. The smallest absolute Gasteiger partial charge is 0.111 e. The van der Waals surface area contributed by atoms with E-state index in [-0.39, 0.29) is 6.04 Å². The average Bonchev–Trinajstić information content (AvgIpc) is 2.90. The quantitative estimate of drug-likeness (QED) is 0.790. The lowest BCUT2D eigenvalue weighted by atomic mass is 10.1. The van der Waals surface area contributed by atoms with Crippen LogP contribution in [0.1, 0.15) is 23.0 Å². The first-order valence-corrected chi connectivity index (χ1v) is 7.14. The molecule has 3 nitrogen and oxygen atoms in total. The molecule has 0 aliphatic rings. The molecule has 0 bridgehead atoms. The van der Waals surface area contributed by atoms with Gasteiger partial charge in [-0.25, -0.2) is 4.98 Å². The molecule has 0 spiro atoms. The minimum atomic E-state index is -0.00222. The molecule has 2 heterocycles. The zero-order valence-corrected chi connectivity index (χ0v) is 11.3. The van der Waals surface area contributed by atoms with Gasteiger partial charge in [-0.3, -0.25) is 4.98 Å². The second-order valence-electron chi connectivity index (χ2n) is 4.53. The van der Waals surface area contributed by atoms with Crippen molar-refractivity contribution in [1.29, 1.82) is 0 Å². The Bertz CT molecular complexity index is 630. The molecule has 1 aromatic carbocycles. The van der Waals surface area contributed by atoms with E-state index in [0.717, 1.165) is 28.1 Å². The Morgan fingerprint density at radius 3 is 2.79 bits per heavy atom. The van der Waals surface area contributed by atoms with E-state index in [1.807, 2.05) is 12.1 Å². The number of nitrogens with zero attached hydrogens (tertiary/aromatic N) is 2. The van der Waals surface area contributed by atoms with Crippen LogP contribution in [0, 0.1) is 0 Å². The Labute approximate surface area is 116 Å². The van der Waals surface area contributed by atoms with Gasteiger partial charge in [-0.15, -0.1) is 11.3 Å². The van der Waals surface area contributed by atoms with Crippen LogP contribution < -0.4 is 5.73 Å². The second-order valence-corrected chi connectivity index (χ2v) is 5.59. The number of hydrogen-bond donors (Lipinski definition) is 1. The Hall–Kier alpha value is -1.78. The number of aromatic nitrogens is 2. The summed E-state index contributed by atoms with van der Waals surface area (Å²) in [7, 11) is 0. The fraction of sp³-hybridized carbons (Fsp3) is 0.200. The van der Waals surface area contributed by atoms with E-state index in [4.69, 9.17) is 5.73 Å². The van der Waals surface area contributed by atoms with Gasteiger partial charge < -0.3 is 5.73 Å². The summed E-state index contributed by atoms with van der Waals surface area (Å²) in [6, 6.07) is 12.4. The molecule has 0 amide bonds. The maximum atomic E-state index is 6.23. The molecule has 19 heavy (non-hydrogen) atoms. The summed E-state index contributed by atoms with van der Waals surface area (Å²) in [5.41, 5.74) is 8.50. The highest BCUT2D eigenvalue weighted by atomic mass is 32.1. The second kappa shape index (κ2) is 5.47. The van der Waals surface area contributed by atoms with Gasteiger partial charge in [0.05, 0.1) is 22.5 Å². The average molecular weight is 269 g/mol. The van der Waals surface area contributed by atoms with Crippen LogP contribution >= 0.6 is 11.3 Å². The van der Waals surface area contributed by atoms with Gasteiger partial charge in [0.15, 0.2) is 0 Å². The summed E-state index contributed by atoms with van der Waals surface area (Å²) in [6.45, 7) is 0. The van der Waals surface area contributed by atoms with Crippen LogP contribution in [0.25, 0.3) is 10.2 Å². The SMILES string of the molecule is NC(CCc1ccccc1)c1nc2cnccc2s1. The summed E-state index contributed by atoms with van der Waals surface area (Å²) in [5.74, 6) is 0. The van der Waals surface area contributed by atoms with Crippen molar-refractivity contribution >= 4 is 21.6 Å². The summed E-state index contributed by atoms with van der Waals surface area (Å²) < 4.78 is 1.15. The van der Waals surface area contributed by atoms with Gasteiger partial charge in [-0.05, 0) is 24.5 Å². The first-order chi connectivity index (χ1) is 9.33. The van der Waals surface area contributed by atoms with E-state index in [1.165, 1.54) is 5.56 Å². The normalized spacial score (nSPS) is 12.7. The number of nitrogens with two attached hydrogens (primary N) is 1. The molecular weight excluding hydrogens is 254 g/mol. The lowest BCUT2D eigenvalue weighted by Gasteiger charge is -2.07. The first kappa shape index (κ1) is 12.3. The number of pyridine rings is 1. The Morgan fingerprint density at radius 2 is 2.00 bits per heavy atom. The molecule has 4 heteroatoms. The molecule has 2 aromatic heterocycles. The highest BCUT2D eigenvalue weighted by molar-refractivity contribution is 7.18. The highest BCUT2D eigenvalue weighted by Crippen LogP contribution is 2.26. The molecule has 2 N–H and O–H groups in total. The van der Waals surface area contributed by atoms with Gasteiger partial charge >= 0.3 is 0 Å². The molecule has 0 aliphatic heterocycles. The topological polar surface area (TPSA) is 51.8 Å². The molecule has 0 fully saturated rings. The zero-order chi connectivity index (χ0) is 13.1. The fourth-order valence-corrected chi connectivity index (χ4v) is 3.02. The van der Waals surface area contributed by atoms with Crippen molar-refractivity contribution in [3.63, 3.8) is 0 Å². The monoisotopic (exact) mass is 269 g/mol. The third-order valence-corrected chi connectivity index (χ3v) is 4.28. The predicted octanol–water partition coefficient (Wildman–Crippen LogP) is 3.32. The Balaban J connectivity index is 1.71. The summed E-state index contributed by atoms with van der Waals surface area (Å²) in [5, 5.41) is 0.999. The maximum Gasteiger partial charge on any atom is 0.111 e. The van der Waals surface area contributed by atoms with Crippen LogP contribution in [0.5, 0.6) is 0 Å². The molecule has 0 saturated carbocycles. The molecule has 1 atom stereocenters. The lowest BCUT2D eigenvalue weighted by molar-refractivity contribution is 0.648. The number of benzene rings is 1. The molecule has 0 aliphatic carbocycles. The van der Waals surface area contributed by atoms with Gasteiger partial charge in [0.2, 0.25) is 0 Å². The summed E-state index contributed by atoms with van der Waals surface area (Å²) in [6.07, 6.45) is 5.48. The largest absolute Gasteiger partial charge is 0.322 e. The third kappa shape index (κ3) is 2.80. The first-order valence-electron chi connectivity index (χ1n) is 6.33. The fourth-order valence-electron chi connectivity index (χ4n) is 2.05. The van der Waals surface area contributed by atoms with Crippen LogP contribution in [0.3, 0.4) is 0 Å². The minimum absolute atomic E-state index is 0.00222. The van der Waals surface area contributed by atoms with Crippen molar-refractivity contribution < 1.29 is 0 Å². The predicted molar refractivity (Wildman–Crippen MR) is 79.1 cm³/mol. The van der Waals surface area contributed by atoms with Crippen molar-refractivity contribution in [2.45, 2.75) is 18.9 Å². The molecule has 1 unspecified atom stereocenters. The van der Waals surface area contributed by atoms with E-state index in [0.29, 0.717) is 0 Å². The van der Waals surface area contributed by atoms with Crippen LogP contribution in [0.4, 0.5) is 0 Å². The number of aryl methyl sites for hydroxylation is 1. The molecule has 0 radical (unpaired) electrons. The van der Waals surface area contributed by atoms with Crippen molar-refractivity contribution in [2.75, 3.05) is 0 Å². The molecule has 3 aromatic rings. The zero-order valence-electron chi connectivity index (χ0n) is 10.5. The number of rotatable bonds is 4. The van der Waals surface area contributed by atoms with Gasteiger partial charge in [0.1, 0.15) is 5.01 Å². The highest BCUT2D eigenvalue weighted by Gasteiger charge is 2.12.